The molecule has 1 aliphatic carbocycles. The van der Waals surface area contributed by atoms with Crippen molar-refractivity contribution in [3.8, 4) is 0 Å². The van der Waals surface area contributed by atoms with E-state index < -0.39 is 22.9 Å². The summed E-state index contributed by atoms with van der Waals surface area (Å²) < 4.78 is 10.5. The molecule has 0 spiro atoms. The van der Waals surface area contributed by atoms with Crippen LogP contribution in [0.3, 0.4) is 0 Å². The van der Waals surface area contributed by atoms with Crippen LogP contribution in [0.4, 0.5) is 0 Å². The van der Waals surface area contributed by atoms with Crippen LogP contribution in [0, 0.1) is 11.3 Å². The van der Waals surface area contributed by atoms with Gasteiger partial charge in [-0.1, -0.05) is 19.8 Å². The third-order valence-corrected chi connectivity index (χ3v) is 4.39. The summed E-state index contributed by atoms with van der Waals surface area (Å²) in [6, 6.07) is 0. The standard InChI is InChI=1S/C16H28O5.C3H9N/c1-15(2,3)21-13(17)12(7-10-20-4)11-16(14(18)19)8-5-6-9-16;1-2-3-4/h12H,5-11H2,1-4H3,(H,18,19);2-4H2,1H3/t12-;/m1./s1. The molecule has 3 N–H and O–H groups in total. The van der Waals surface area contributed by atoms with Crippen LogP contribution in [0.25, 0.3) is 0 Å². The Morgan fingerprint density at radius 1 is 1.24 bits per heavy atom. The Labute approximate surface area is 152 Å². The maximum atomic E-state index is 12.3. The first-order valence-corrected chi connectivity index (χ1v) is 9.34. The summed E-state index contributed by atoms with van der Waals surface area (Å²) in [4.78, 5) is 23.9. The molecule has 0 radical (unpaired) electrons. The van der Waals surface area contributed by atoms with Crippen LogP contribution in [-0.2, 0) is 19.1 Å². The fourth-order valence-corrected chi connectivity index (χ4v) is 2.96. The second kappa shape index (κ2) is 11.5. The molecule has 1 rings (SSSR count). The van der Waals surface area contributed by atoms with Crippen molar-refractivity contribution in [2.24, 2.45) is 11.3 Å². The average Bonchev–Trinajstić information content (AvgIpc) is 3.00. The molecule has 1 fully saturated rings. The third kappa shape index (κ3) is 9.21. The molecule has 0 amide bonds. The molecule has 0 aromatic rings. The summed E-state index contributed by atoms with van der Waals surface area (Å²) in [7, 11) is 1.57. The van der Waals surface area contributed by atoms with Gasteiger partial charge in [0.2, 0.25) is 0 Å². The number of rotatable bonds is 8. The van der Waals surface area contributed by atoms with Gasteiger partial charge in [0.1, 0.15) is 5.60 Å². The van der Waals surface area contributed by atoms with Gasteiger partial charge in [-0.15, -0.1) is 0 Å². The van der Waals surface area contributed by atoms with Crippen molar-refractivity contribution >= 4 is 11.9 Å². The smallest absolute Gasteiger partial charge is 0.309 e. The molecule has 25 heavy (non-hydrogen) atoms. The van der Waals surface area contributed by atoms with Gasteiger partial charge in [-0.2, -0.15) is 0 Å². The highest BCUT2D eigenvalue weighted by Gasteiger charge is 2.40. The van der Waals surface area contributed by atoms with E-state index in [0.717, 1.165) is 19.4 Å². The summed E-state index contributed by atoms with van der Waals surface area (Å²) in [6.45, 7) is 9.02. The molecule has 0 unspecified atom stereocenters. The zero-order valence-corrected chi connectivity index (χ0v) is 16.7. The van der Waals surface area contributed by atoms with Gasteiger partial charge < -0.3 is 25.1 Å². The number of carbonyl (C=O) groups is 2. The van der Waals surface area contributed by atoms with E-state index in [9.17, 15) is 14.7 Å². The van der Waals surface area contributed by atoms with E-state index in [0.29, 0.717) is 25.9 Å². The fourth-order valence-electron chi connectivity index (χ4n) is 2.96. The van der Waals surface area contributed by atoms with E-state index in [2.05, 4.69) is 12.7 Å². The van der Waals surface area contributed by atoms with Crippen molar-refractivity contribution in [2.75, 3.05) is 20.3 Å². The van der Waals surface area contributed by atoms with E-state index in [1.165, 1.54) is 6.42 Å². The molecule has 0 bridgehead atoms. The van der Waals surface area contributed by atoms with Gasteiger partial charge in [-0.05, 0) is 52.9 Å². The SMILES string of the molecule is CCC[NH3+].COCC[C@H](CC1(C(=O)[O-])CCCC1)C(=O)OC(C)(C)C. The molecule has 0 aliphatic heterocycles. The molecular weight excluding hydrogens is 322 g/mol. The van der Waals surface area contributed by atoms with Crippen LogP contribution in [0.1, 0.15) is 72.6 Å². The minimum atomic E-state index is -1.04. The number of ether oxygens (including phenoxy) is 2. The number of hydrogen-bond donors (Lipinski definition) is 1. The van der Waals surface area contributed by atoms with Crippen LogP contribution in [0.15, 0.2) is 0 Å². The summed E-state index contributed by atoms with van der Waals surface area (Å²) in [5.74, 6) is -1.83. The highest BCUT2D eigenvalue weighted by atomic mass is 16.6. The van der Waals surface area contributed by atoms with E-state index in [1.807, 2.05) is 20.8 Å². The number of esters is 1. The molecule has 0 heterocycles. The van der Waals surface area contributed by atoms with Crippen LogP contribution in [0.2, 0.25) is 0 Å². The molecule has 1 atom stereocenters. The Morgan fingerprint density at radius 3 is 2.12 bits per heavy atom. The number of quaternary nitrogens is 1. The van der Waals surface area contributed by atoms with Crippen molar-refractivity contribution in [2.45, 2.75) is 78.2 Å². The Morgan fingerprint density at radius 2 is 1.76 bits per heavy atom. The number of hydrogen-bond acceptors (Lipinski definition) is 5. The number of carbonyl (C=O) groups excluding carboxylic acids is 2. The predicted molar refractivity (Wildman–Crippen MR) is 94.4 cm³/mol. The summed E-state index contributed by atoms with van der Waals surface area (Å²) in [5, 5.41) is 11.5. The highest BCUT2D eigenvalue weighted by Crippen LogP contribution is 2.43. The zero-order chi connectivity index (χ0) is 19.5. The van der Waals surface area contributed by atoms with Gasteiger partial charge in [0, 0.05) is 25.1 Å². The number of carboxylic acids is 1. The second-order valence-corrected chi connectivity index (χ2v) is 7.84. The lowest BCUT2D eigenvalue weighted by atomic mass is 9.77. The highest BCUT2D eigenvalue weighted by molar-refractivity contribution is 5.77. The monoisotopic (exact) mass is 359 g/mol. The van der Waals surface area contributed by atoms with Crippen molar-refractivity contribution in [3.05, 3.63) is 0 Å². The molecule has 1 aliphatic rings. The van der Waals surface area contributed by atoms with E-state index in [1.54, 1.807) is 7.11 Å². The van der Waals surface area contributed by atoms with E-state index in [-0.39, 0.29) is 12.4 Å². The topological polar surface area (TPSA) is 103 Å². The molecule has 0 saturated heterocycles. The lowest BCUT2D eigenvalue weighted by Gasteiger charge is -2.34. The van der Waals surface area contributed by atoms with Gasteiger partial charge in [0.05, 0.1) is 12.5 Å². The Kier molecular flexibility index (Phi) is 10.9. The fraction of sp³-hybridized carbons (Fsp3) is 0.895. The van der Waals surface area contributed by atoms with Gasteiger partial charge >= 0.3 is 5.97 Å². The van der Waals surface area contributed by atoms with Crippen LogP contribution < -0.4 is 10.8 Å². The number of methoxy groups -OCH3 is 1. The van der Waals surface area contributed by atoms with Crippen LogP contribution >= 0.6 is 0 Å². The minimum Gasteiger partial charge on any atom is -0.550 e. The van der Waals surface area contributed by atoms with E-state index in [4.69, 9.17) is 9.47 Å². The first-order valence-electron chi connectivity index (χ1n) is 9.34. The lowest BCUT2D eigenvalue weighted by Crippen LogP contribution is -2.49. The van der Waals surface area contributed by atoms with Gasteiger partial charge in [0.25, 0.3) is 0 Å². The van der Waals surface area contributed by atoms with Crippen molar-refractivity contribution in [1.82, 2.24) is 0 Å². The Hall–Kier alpha value is -1.14. The van der Waals surface area contributed by atoms with Crippen LogP contribution in [-0.4, -0.2) is 37.8 Å². The van der Waals surface area contributed by atoms with Crippen molar-refractivity contribution in [1.29, 1.82) is 0 Å². The quantitative estimate of drug-likeness (QED) is 0.658. The summed E-state index contributed by atoms with van der Waals surface area (Å²) in [6.07, 6.45) is 4.88. The largest absolute Gasteiger partial charge is 0.550 e. The first kappa shape index (κ1) is 23.9. The van der Waals surface area contributed by atoms with E-state index >= 15 is 0 Å². The predicted octanol–water partition coefficient (Wildman–Crippen LogP) is 1.32. The molecule has 148 valence electrons. The summed E-state index contributed by atoms with van der Waals surface area (Å²) in [5.41, 5.74) is 2.15. The van der Waals surface area contributed by atoms with Crippen LogP contribution in [0.5, 0.6) is 0 Å². The van der Waals surface area contributed by atoms with Crippen molar-refractivity contribution < 1.29 is 29.9 Å². The first-order chi connectivity index (χ1) is 11.6. The molecule has 6 nitrogen and oxygen atoms in total. The van der Waals surface area contributed by atoms with Gasteiger partial charge in [-0.25, -0.2) is 0 Å². The lowest BCUT2D eigenvalue weighted by molar-refractivity contribution is -0.367. The maximum Gasteiger partial charge on any atom is 0.309 e. The summed E-state index contributed by atoms with van der Waals surface area (Å²) >= 11 is 0. The van der Waals surface area contributed by atoms with Gasteiger partial charge in [-0.3, -0.25) is 4.79 Å². The molecule has 6 heteroatoms. The molecular formula is C19H37NO5. The molecule has 1 saturated carbocycles. The van der Waals surface area contributed by atoms with Crippen molar-refractivity contribution in [3.63, 3.8) is 0 Å². The second-order valence-electron chi connectivity index (χ2n) is 7.84. The zero-order valence-electron chi connectivity index (χ0n) is 16.7. The number of carboxylic acid groups (broad SMARTS) is 1. The number of aliphatic carboxylic acids is 1. The molecule has 0 aromatic heterocycles. The normalized spacial score (nSPS) is 17.4. The Bertz CT molecular complexity index is 395. The third-order valence-electron chi connectivity index (χ3n) is 4.39. The molecule has 0 aromatic carbocycles. The minimum absolute atomic E-state index is 0.285. The maximum absolute atomic E-state index is 12.3. The average molecular weight is 360 g/mol. The Balaban J connectivity index is 0.00000129. The van der Waals surface area contributed by atoms with Gasteiger partial charge in [0.15, 0.2) is 0 Å².